The van der Waals surface area contributed by atoms with E-state index >= 15 is 0 Å². The molecule has 0 saturated heterocycles. The number of aromatic nitrogens is 8. The number of nitrogens with zero attached hydrogens (tertiary/aromatic N) is 6. The number of carbonyl (C=O) groups is 3. The van der Waals surface area contributed by atoms with Crippen LogP contribution in [0.5, 0.6) is 11.5 Å². The zero-order valence-corrected chi connectivity index (χ0v) is 60.1. The van der Waals surface area contributed by atoms with Crippen molar-refractivity contribution in [2.75, 3.05) is 21.3 Å². The smallest absolute Gasteiger partial charge is 0.409 e. The van der Waals surface area contributed by atoms with Gasteiger partial charge in [0.05, 0.1) is 0 Å². The number of rotatable bonds is 19. The number of benzene rings is 5. The molecule has 5 aromatic carbocycles. The van der Waals surface area contributed by atoms with Crippen LogP contribution in [0.25, 0.3) is 0 Å². The maximum absolute atomic E-state index is 12.5. The van der Waals surface area contributed by atoms with Crippen LogP contribution in [0.4, 0.5) is 44.8 Å². The number of ether oxygens (including phenoxy) is 2. The standard InChI is InChI=1S/C29H38N8O.C18H27N7.C18H18O2.C10H13N.C7H5ClO2/c38-29(33-24-16-21(17-24)19-6-2-1-3-7-19)32-23-12-10-22(11-13-23)31-28-30-15-14-26(35-28)34-27-18-25(36-37-27)20-8-4-5-9-20;19-13-5-7-14(8-6-13)21-18-20-10-9-16(23-18)22-17-11-15(24-25-17)12-3-1-2-4-12;19-18(20-17-9-5-2-6-10-17)13-14-11-16(12-14)15-7-3-1-4-8-15;11-10-6-9(7-10)8-4-2-1-3-5-8;8-7(9)10-6-4-2-1-3-5-6/h1-3,6-7,14-15,18,20-24H,4-5,8-13,16-17H2,(H2,32,33,38)(H3,30,31,34,35,36,37);9-14H,1-8,19H2,(H3,20,21,22,23,24,25);1-10,14,16H,11-13H2;1-5,9-10H,6-7,11H2;1-5H. The second-order valence-electron chi connectivity index (χ2n) is 28.9. The number of anilines is 6. The van der Waals surface area contributed by atoms with Crippen molar-refractivity contribution >= 4 is 64.2 Å². The van der Waals surface area contributed by atoms with Crippen LogP contribution in [0.2, 0.25) is 0 Å². The highest BCUT2D eigenvalue weighted by atomic mass is 35.5. The number of esters is 1. The minimum atomic E-state index is -0.814. The van der Waals surface area contributed by atoms with Crippen molar-refractivity contribution in [3.63, 3.8) is 0 Å². The van der Waals surface area contributed by atoms with Crippen LogP contribution in [0.3, 0.4) is 0 Å². The van der Waals surface area contributed by atoms with Crippen LogP contribution < -0.4 is 52.8 Å². The molecule has 546 valence electrons. The van der Waals surface area contributed by atoms with E-state index in [4.69, 9.17) is 27.8 Å². The molecule has 104 heavy (non-hydrogen) atoms. The number of hydrogen-bond acceptors (Lipinski definition) is 17. The Morgan fingerprint density at radius 3 is 1.26 bits per heavy atom. The van der Waals surface area contributed by atoms with Gasteiger partial charge in [-0.05, 0) is 192 Å². The zero-order valence-electron chi connectivity index (χ0n) is 59.3. The summed E-state index contributed by atoms with van der Waals surface area (Å²) in [7, 11) is 0. The molecule has 0 atom stereocenters. The van der Waals surface area contributed by atoms with E-state index in [0.717, 1.165) is 106 Å². The summed E-state index contributed by atoms with van der Waals surface area (Å²) < 4.78 is 9.86. The first-order chi connectivity index (χ1) is 50.9. The Bertz CT molecular complexity index is 4020. The molecule has 0 spiro atoms. The minimum Gasteiger partial charge on any atom is -0.427 e. The molecular weight excluding hydrogens is 1320 g/mol. The van der Waals surface area contributed by atoms with E-state index in [1.54, 1.807) is 36.7 Å². The van der Waals surface area contributed by atoms with Gasteiger partial charge in [0.25, 0.3) is 0 Å². The lowest BCUT2D eigenvalue weighted by atomic mass is 9.70. The molecule has 4 heterocycles. The summed E-state index contributed by atoms with van der Waals surface area (Å²) in [6, 6.07) is 59.5. The molecule has 0 radical (unpaired) electrons. The van der Waals surface area contributed by atoms with E-state index in [0.29, 0.717) is 83.6 Å². The van der Waals surface area contributed by atoms with Gasteiger partial charge in [0.15, 0.2) is 11.6 Å². The summed E-state index contributed by atoms with van der Waals surface area (Å²) in [5.41, 5.74) is 17.5. The van der Waals surface area contributed by atoms with Crippen molar-refractivity contribution in [1.82, 2.24) is 51.0 Å². The van der Waals surface area contributed by atoms with Gasteiger partial charge in [-0.25, -0.2) is 19.6 Å². The van der Waals surface area contributed by atoms with Gasteiger partial charge in [0.2, 0.25) is 11.9 Å². The summed E-state index contributed by atoms with van der Waals surface area (Å²) >= 11 is 4.95. The third-order valence-corrected chi connectivity index (χ3v) is 21.3. The van der Waals surface area contributed by atoms with Gasteiger partial charge >= 0.3 is 17.4 Å². The molecule has 22 heteroatoms. The predicted octanol–water partition coefficient (Wildman–Crippen LogP) is 17.3. The second-order valence-corrected chi connectivity index (χ2v) is 29.2. The lowest BCUT2D eigenvalue weighted by Gasteiger charge is -2.37. The van der Waals surface area contributed by atoms with Crippen molar-refractivity contribution < 1.29 is 23.9 Å². The number of hydrogen-bond donors (Lipinski definition) is 10. The highest BCUT2D eigenvalue weighted by Crippen LogP contribution is 2.44. The van der Waals surface area contributed by atoms with Crippen molar-refractivity contribution in [2.24, 2.45) is 17.4 Å². The summed E-state index contributed by atoms with van der Waals surface area (Å²) in [5, 5.41) is 35.0. The van der Waals surface area contributed by atoms with Crippen LogP contribution in [0.15, 0.2) is 188 Å². The van der Waals surface area contributed by atoms with Crippen LogP contribution in [-0.4, -0.2) is 94.0 Å². The van der Waals surface area contributed by atoms with Crippen LogP contribution in [-0.2, 0) is 4.79 Å². The number of carbonyl (C=O) groups excluding carboxylic acids is 3. The molecule has 7 aliphatic rings. The molecule has 21 nitrogen and oxygen atoms in total. The van der Waals surface area contributed by atoms with Crippen LogP contribution in [0.1, 0.15) is 205 Å². The first-order valence-electron chi connectivity index (χ1n) is 37.6. The summed E-state index contributed by atoms with van der Waals surface area (Å²) in [5.74, 6) is 8.97. The molecular formula is C82H101ClN16O5. The molecule has 4 aromatic heterocycles. The number of nitrogens with one attached hydrogen (secondary N) is 8. The molecule has 7 aliphatic carbocycles. The van der Waals surface area contributed by atoms with Gasteiger partial charge in [-0.1, -0.05) is 153 Å². The number of halogens is 1. The molecule has 16 rings (SSSR count). The number of aromatic amines is 2. The van der Waals surface area contributed by atoms with Gasteiger partial charge in [-0.3, -0.25) is 15.0 Å². The molecule has 12 N–H and O–H groups in total. The Labute approximate surface area is 615 Å². The Morgan fingerprint density at radius 2 is 0.817 bits per heavy atom. The normalized spacial score (nSPS) is 23.1. The fourth-order valence-corrected chi connectivity index (χ4v) is 15.2. The fourth-order valence-electron chi connectivity index (χ4n) is 15.1. The van der Waals surface area contributed by atoms with Gasteiger partial charge in [0, 0.05) is 102 Å². The maximum atomic E-state index is 12.5. The van der Waals surface area contributed by atoms with Crippen molar-refractivity contribution in [2.45, 2.75) is 214 Å². The SMILES string of the molecule is NC1CC(c2ccccc2)C1.NC1CCC(Nc2nccc(Nc3cc(C4CCCC4)[nH]n3)n2)CC1.O=C(CC1CC(c2ccccc2)C1)Oc1ccccc1.O=C(Cl)Oc1ccccc1.O=C(NC1CCC(Nc2nccc(Nc3cc(C4CCCC4)[nH]n3)n2)CC1)NC1CC(c2ccccc2)C1. The predicted molar refractivity (Wildman–Crippen MR) is 411 cm³/mol. The lowest BCUT2D eigenvalue weighted by Crippen LogP contribution is -2.51. The number of urea groups is 1. The van der Waals surface area contributed by atoms with E-state index in [1.807, 2.05) is 60.7 Å². The van der Waals surface area contributed by atoms with Gasteiger partial charge in [-0.15, -0.1) is 0 Å². The molecule has 7 fully saturated rings. The molecule has 9 aromatic rings. The van der Waals surface area contributed by atoms with Gasteiger partial charge in [-0.2, -0.15) is 20.2 Å². The van der Waals surface area contributed by atoms with Crippen LogP contribution >= 0.6 is 11.6 Å². The Hall–Kier alpha value is -9.70. The first-order valence-corrected chi connectivity index (χ1v) is 38.0. The summed E-state index contributed by atoms with van der Waals surface area (Å²) in [6.45, 7) is 0. The summed E-state index contributed by atoms with van der Waals surface area (Å²) in [6.07, 6.45) is 29.0. The fraction of sp³-hybridized carbons (Fsp3) is 0.427. The number of nitrogens with two attached hydrogens (primary N) is 2. The monoisotopic (exact) mass is 1420 g/mol. The largest absolute Gasteiger partial charge is 0.427 e. The highest BCUT2D eigenvalue weighted by molar-refractivity contribution is 6.61. The van der Waals surface area contributed by atoms with E-state index in [2.05, 4.69) is 168 Å². The average molecular weight is 1430 g/mol. The molecule has 0 aliphatic heterocycles. The van der Waals surface area contributed by atoms with E-state index in [1.165, 1.54) is 92.3 Å². The van der Waals surface area contributed by atoms with E-state index in [-0.39, 0.29) is 24.1 Å². The number of H-pyrrole nitrogens is 2. The van der Waals surface area contributed by atoms with Gasteiger partial charge in [0.1, 0.15) is 23.1 Å². The van der Waals surface area contributed by atoms with Crippen molar-refractivity contribution in [3.05, 3.63) is 216 Å². The molecule has 0 unspecified atom stereocenters. The number of para-hydroxylation sites is 2. The Morgan fingerprint density at radius 1 is 0.423 bits per heavy atom. The Kier molecular flexibility index (Phi) is 27.2. The third-order valence-electron chi connectivity index (χ3n) is 21.2. The zero-order chi connectivity index (χ0) is 71.7. The summed E-state index contributed by atoms with van der Waals surface area (Å²) in [4.78, 5) is 52.5. The van der Waals surface area contributed by atoms with E-state index < -0.39 is 5.43 Å². The minimum absolute atomic E-state index is 0.0329. The molecule has 7 saturated carbocycles. The van der Waals surface area contributed by atoms with Gasteiger partial charge < -0.3 is 52.8 Å². The first kappa shape index (κ1) is 74.0. The average Bonchev–Trinajstić information content (AvgIpc) is 1.65. The van der Waals surface area contributed by atoms with Crippen molar-refractivity contribution in [1.29, 1.82) is 0 Å². The van der Waals surface area contributed by atoms with Crippen LogP contribution in [0, 0.1) is 5.92 Å². The topological polar surface area (TPSA) is 303 Å². The molecule has 2 amide bonds. The second kappa shape index (κ2) is 38.2. The van der Waals surface area contributed by atoms with Crippen molar-refractivity contribution in [3.8, 4) is 11.5 Å². The van der Waals surface area contributed by atoms with E-state index in [9.17, 15) is 14.4 Å². The quantitative estimate of drug-likeness (QED) is 0.0204. The number of amides is 2. The third kappa shape index (κ3) is 23.2. The Balaban J connectivity index is 0.000000133. The maximum Gasteiger partial charge on any atom is 0.409 e. The molecule has 0 bridgehead atoms. The lowest BCUT2D eigenvalue weighted by molar-refractivity contribution is -0.136. The highest BCUT2D eigenvalue weighted by Gasteiger charge is 2.34.